The van der Waals surface area contributed by atoms with Crippen LogP contribution in [0.25, 0.3) is 11.4 Å². The fourth-order valence-corrected chi connectivity index (χ4v) is 2.26. The number of ether oxygens (including phenoxy) is 1. The Hall–Kier alpha value is -3.82. The predicted octanol–water partition coefficient (Wildman–Crippen LogP) is 1.82. The van der Waals surface area contributed by atoms with Gasteiger partial charge < -0.3 is 9.26 Å². The lowest BCUT2D eigenvalue weighted by atomic mass is 10.2. The summed E-state index contributed by atoms with van der Waals surface area (Å²) in [5.74, 6) is -0.358. The average molecular weight is 399 g/mol. The van der Waals surface area contributed by atoms with Gasteiger partial charge in [0.2, 0.25) is 17.6 Å². The van der Waals surface area contributed by atoms with Gasteiger partial charge in [0, 0.05) is 30.8 Å². The van der Waals surface area contributed by atoms with Crippen LogP contribution in [0.5, 0.6) is 5.75 Å². The molecule has 0 spiro atoms. The van der Waals surface area contributed by atoms with Crippen LogP contribution in [0.4, 0.5) is 4.39 Å². The van der Waals surface area contributed by atoms with Crippen LogP contribution in [0.1, 0.15) is 19.2 Å². The number of carbonyl (C=O) groups excluding carboxylic acids is 2. The fourth-order valence-electron chi connectivity index (χ4n) is 2.26. The molecule has 0 aliphatic rings. The molecule has 2 heterocycles. The van der Waals surface area contributed by atoms with Crippen molar-refractivity contribution in [2.45, 2.75) is 25.9 Å². The minimum atomic E-state index is -0.889. The summed E-state index contributed by atoms with van der Waals surface area (Å²) >= 11 is 0. The van der Waals surface area contributed by atoms with Crippen molar-refractivity contribution in [3.63, 3.8) is 0 Å². The maximum atomic E-state index is 12.9. The van der Waals surface area contributed by atoms with Crippen molar-refractivity contribution in [2.75, 3.05) is 0 Å². The lowest BCUT2D eigenvalue weighted by Crippen LogP contribution is -2.47. The van der Waals surface area contributed by atoms with E-state index in [1.54, 1.807) is 24.5 Å². The highest BCUT2D eigenvalue weighted by molar-refractivity contribution is 5.84. The molecule has 1 unspecified atom stereocenters. The molecule has 0 radical (unpaired) electrons. The molecule has 0 bridgehead atoms. The molecule has 2 amide bonds. The molecule has 10 heteroatoms. The normalized spacial score (nSPS) is 11.5. The number of pyridine rings is 1. The SMILES string of the molecule is CC(Oc1ccc(F)cc1)C(=O)NNC(=O)CCc1nc(-c2ccncc2)no1. The quantitative estimate of drug-likeness (QED) is 0.582. The van der Waals surface area contributed by atoms with Gasteiger partial charge in [-0.05, 0) is 43.3 Å². The molecule has 29 heavy (non-hydrogen) atoms. The highest BCUT2D eigenvalue weighted by atomic mass is 19.1. The van der Waals surface area contributed by atoms with Gasteiger partial charge in [0.1, 0.15) is 11.6 Å². The van der Waals surface area contributed by atoms with Crippen LogP contribution < -0.4 is 15.6 Å². The van der Waals surface area contributed by atoms with E-state index in [0.717, 1.165) is 5.56 Å². The second-order valence-electron chi connectivity index (χ2n) is 6.00. The minimum Gasteiger partial charge on any atom is -0.481 e. The molecule has 1 atom stereocenters. The maximum absolute atomic E-state index is 12.9. The van der Waals surface area contributed by atoms with Crippen molar-refractivity contribution in [2.24, 2.45) is 0 Å². The van der Waals surface area contributed by atoms with E-state index in [1.165, 1.54) is 31.2 Å². The molecule has 0 aliphatic heterocycles. The second-order valence-corrected chi connectivity index (χ2v) is 6.00. The molecule has 3 rings (SSSR count). The number of hydrogen-bond acceptors (Lipinski definition) is 7. The van der Waals surface area contributed by atoms with Gasteiger partial charge in [-0.3, -0.25) is 25.4 Å². The Morgan fingerprint density at radius 2 is 1.86 bits per heavy atom. The minimum absolute atomic E-state index is 0.0332. The molecule has 1 aromatic carbocycles. The smallest absolute Gasteiger partial charge is 0.279 e. The van der Waals surface area contributed by atoms with E-state index >= 15 is 0 Å². The molecular weight excluding hydrogens is 381 g/mol. The number of nitrogens with one attached hydrogen (secondary N) is 2. The van der Waals surface area contributed by atoms with Crippen molar-refractivity contribution in [1.29, 1.82) is 0 Å². The number of carbonyl (C=O) groups is 2. The highest BCUT2D eigenvalue weighted by Crippen LogP contribution is 2.15. The number of hydrogen-bond donors (Lipinski definition) is 2. The van der Waals surface area contributed by atoms with E-state index in [9.17, 15) is 14.0 Å². The Morgan fingerprint density at radius 1 is 1.14 bits per heavy atom. The zero-order valence-electron chi connectivity index (χ0n) is 15.5. The topological polar surface area (TPSA) is 119 Å². The van der Waals surface area contributed by atoms with Gasteiger partial charge in [-0.25, -0.2) is 4.39 Å². The van der Waals surface area contributed by atoms with Crippen molar-refractivity contribution in [1.82, 2.24) is 26.0 Å². The van der Waals surface area contributed by atoms with Gasteiger partial charge in [0.25, 0.3) is 5.91 Å². The van der Waals surface area contributed by atoms with E-state index in [0.29, 0.717) is 17.5 Å². The highest BCUT2D eigenvalue weighted by Gasteiger charge is 2.16. The summed E-state index contributed by atoms with van der Waals surface area (Å²) in [6, 6.07) is 8.74. The summed E-state index contributed by atoms with van der Waals surface area (Å²) in [5, 5.41) is 3.85. The third-order valence-corrected chi connectivity index (χ3v) is 3.79. The first-order chi connectivity index (χ1) is 14.0. The molecule has 0 aliphatic carbocycles. The Balaban J connectivity index is 1.41. The molecule has 0 saturated carbocycles. The Kier molecular flexibility index (Phi) is 6.46. The number of rotatable bonds is 7. The number of halogens is 1. The van der Waals surface area contributed by atoms with Crippen molar-refractivity contribution in [3.8, 4) is 17.1 Å². The van der Waals surface area contributed by atoms with Crippen molar-refractivity contribution < 1.29 is 23.2 Å². The van der Waals surface area contributed by atoms with Gasteiger partial charge in [0.15, 0.2) is 6.10 Å². The maximum Gasteiger partial charge on any atom is 0.279 e. The van der Waals surface area contributed by atoms with Gasteiger partial charge in [-0.2, -0.15) is 4.98 Å². The van der Waals surface area contributed by atoms with Crippen molar-refractivity contribution >= 4 is 11.8 Å². The first kappa shape index (κ1) is 19.9. The zero-order chi connectivity index (χ0) is 20.6. The largest absolute Gasteiger partial charge is 0.481 e. The van der Waals surface area contributed by atoms with Crippen LogP contribution in [-0.2, 0) is 16.0 Å². The number of aromatic nitrogens is 3. The van der Waals surface area contributed by atoms with E-state index < -0.39 is 23.7 Å². The predicted molar refractivity (Wildman–Crippen MR) is 98.6 cm³/mol. The summed E-state index contributed by atoms with van der Waals surface area (Å²) in [7, 11) is 0. The van der Waals surface area contributed by atoms with E-state index in [2.05, 4.69) is 26.0 Å². The Labute approximate surface area is 165 Å². The number of hydrazine groups is 1. The van der Waals surface area contributed by atoms with Crippen LogP contribution in [-0.4, -0.2) is 33.0 Å². The summed E-state index contributed by atoms with van der Waals surface area (Å²) in [6.45, 7) is 1.50. The van der Waals surface area contributed by atoms with Crippen LogP contribution in [0.15, 0.2) is 53.3 Å². The lowest BCUT2D eigenvalue weighted by Gasteiger charge is -2.15. The molecule has 2 aromatic heterocycles. The van der Waals surface area contributed by atoms with Gasteiger partial charge in [-0.15, -0.1) is 0 Å². The third kappa shape index (κ3) is 5.83. The molecule has 9 nitrogen and oxygen atoms in total. The first-order valence-electron chi connectivity index (χ1n) is 8.75. The van der Waals surface area contributed by atoms with Crippen LogP contribution in [0, 0.1) is 5.82 Å². The molecular formula is C19H18FN5O4. The third-order valence-electron chi connectivity index (χ3n) is 3.79. The van der Waals surface area contributed by atoms with E-state index in [-0.39, 0.29) is 12.8 Å². The first-order valence-corrected chi connectivity index (χ1v) is 8.75. The summed E-state index contributed by atoms with van der Waals surface area (Å²) in [4.78, 5) is 32.0. The van der Waals surface area contributed by atoms with Gasteiger partial charge >= 0.3 is 0 Å². The Bertz CT molecular complexity index is 962. The molecule has 2 N–H and O–H groups in total. The number of benzene rings is 1. The summed E-state index contributed by atoms with van der Waals surface area (Å²) in [6.07, 6.45) is 2.58. The standard InChI is InChI=1S/C19H18FN5O4/c1-12(28-15-4-2-14(20)3-5-15)19(27)24-23-16(26)6-7-17-22-18(25-29-17)13-8-10-21-11-9-13/h2-5,8-12H,6-7H2,1H3,(H,23,26)(H,24,27). The zero-order valence-corrected chi connectivity index (χ0v) is 15.5. The van der Waals surface area contributed by atoms with Crippen LogP contribution in [0.2, 0.25) is 0 Å². The Morgan fingerprint density at radius 3 is 2.59 bits per heavy atom. The van der Waals surface area contributed by atoms with Crippen LogP contribution >= 0.6 is 0 Å². The van der Waals surface area contributed by atoms with E-state index in [4.69, 9.17) is 9.26 Å². The molecule has 3 aromatic rings. The average Bonchev–Trinajstić information content (AvgIpc) is 3.22. The van der Waals surface area contributed by atoms with Crippen molar-refractivity contribution in [3.05, 3.63) is 60.5 Å². The number of amides is 2. The number of aryl methyl sites for hydroxylation is 1. The second kappa shape index (κ2) is 9.40. The number of nitrogens with zero attached hydrogens (tertiary/aromatic N) is 3. The van der Waals surface area contributed by atoms with Gasteiger partial charge in [0.05, 0.1) is 0 Å². The van der Waals surface area contributed by atoms with Crippen LogP contribution in [0.3, 0.4) is 0 Å². The van der Waals surface area contributed by atoms with E-state index in [1.807, 2.05) is 0 Å². The monoisotopic (exact) mass is 399 g/mol. The summed E-state index contributed by atoms with van der Waals surface area (Å²) in [5.41, 5.74) is 5.31. The molecule has 150 valence electrons. The summed E-state index contributed by atoms with van der Waals surface area (Å²) < 4.78 is 23.4. The van der Waals surface area contributed by atoms with Gasteiger partial charge in [-0.1, -0.05) is 5.16 Å². The molecule has 0 fully saturated rings. The lowest BCUT2D eigenvalue weighted by molar-refractivity contribution is -0.132. The fraction of sp³-hybridized carbons (Fsp3) is 0.211. The molecule has 0 saturated heterocycles.